The molecule has 1 aliphatic heterocycles. The van der Waals surface area contributed by atoms with Gasteiger partial charge in [-0.2, -0.15) is 0 Å². The van der Waals surface area contributed by atoms with Gasteiger partial charge in [0.25, 0.3) is 11.7 Å². The zero-order valence-corrected chi connectivity index (χ0v) is 23.2. The lowest BCUT2D eigenvalue weighted by molar-refractivity contribution is -0.140. The van der Waals surface area contributed by atoms with Gasteiger partial charge in [-0.3, -0.25) is 9.59 Å². The van der Waals surface area contributed by atoms with E-state index >= 15 is 0 Å². The zero-order valence-electron chi connectivity index (χ0n) is 23.2. The first-order valence-corrected chi connectivity index (χ1v) is 13.9. The number of amides is 1. The quantitative estimate of drug-likeness (QED) is 0.138. The van der Waals surface area contributed by atoms with E-state index in [0.29, 0.717) is 31.1 Å². The zero-order chi connectivity index (χ0) is 27.5. The van der Waals surface area contributed by atoms with Gasteiger partial charge >= 0.3 is 0 Å². The van der Waals surface area contributed by atoms with Crippen LogP contribution < -0.4 is 9.47 Å². The van der Waals surface area contributed by atoms with Crippen molar-refractivity contribution >= 4 is 17.4 Å². The Labute approximate surface area is 227 Å². The molecule has 3 rings (SSSR count). The fourth-order valence-corrected chi connectivity index (χ4v) is 4.78. The normalized spacial score (nSPS) is 16.9. The van der Waals surface area contributed by atoms with Gasteiger partial charge in [-0.1, -0.05) is 45.7 Å². The fourth-order valence-electron chi connectivity index (χ4n) is 4.78. The van der Waals surface area contributed by atoms with E-state index in [0.717, 1.165) is 56.6 Å². The van der Waals surface area contributed by atoms with E-state index < -0.39 is 17.7 Å². The van der Waals surface area contributed by atoms with Crippen LogP contribution in [0.1, 0.15) is 70.5 Å². The van der Waals surface area contributed by atoms with Gasteiger partial charge in [0, 0.05) is 12.1 Å². The van der Waals surface area contributed by atoms with E-state index in [4.69, 9.17) is 9.47 Å². The van der Waals surface area contributed by atoms with Crippen LogP contribution in [0.4, 0.5) is 0 Å². The van der Waals surface area contributed by atoms with E-state index in [9.17, 15) is 14.7 Å². The van der Waals surface area contributed by atoms with Crippen molar-refractivity contribution in [1.29, 1.82) is 0 Å². The van der Waals surface area contributed by atoms with E-state index in [2.05, 4.69) is 25.7 Å². The molecule has 206 valence electrons. The second-order valence-corrected chi connectivity index (χ2v) is 9.45. The Hall–Kier alpha value is -3.32. The summed E-state index contributed by atoms with van der Waals surface area (Å²) in [4.78, 5) is 30.4. The summed E-state index contributed by atoms with van der Waals surface area (Å²) in [6.45, 7) is 12.5. The maximum absolute atomic E-state index is 13.3. The second-order valence-electron chi connectivity index (χ2n) is 9.45. The first-order valence-electron chi connectivity index (χ1n) is 13.9. The summed E-state index contributed by atoms with van der Waals surface area (Å²) in [6.07, 6.45) is 3.97. The smallest absolute Gasteiger partial charge is 0.295 e. The highest BCUT2D eigenvalue weighted by atomic mass is 16.5. The van der Waals surface area contributed by atoms with Crippen molar-refractivity contribution in [2.75, 3.05) is 39.4 Å². The van der Waals surface area contributed by atoms with Crippen molar-refractivity contribution in [2.45, 2.75) is 59.4 Å². The molecule has 0 aromatic heterocycles. The van der Waals surface area contributed by atoms with E-state index in [1.54, 1.807) is 29.2 Å². The third kappa shape index (κ3) is 7.16. The number of hydrogen-bond donors (Lipinski definition) is 1. The number of aliphatic hydroxyl groups excluding tert-OH is 1. The van der Waals surface area contributed by atoms with Crippen LogP contribution >= 0.6 is 0 Å². The Balaban J connectivity index is 1.94. The fraction of sp³-hybridized carbons (Fsp3) is 0.484. The van der Waals surface area contributed by atoms with Crippen molar-refractivity contribution in [1.82, 2.24) is 9.80 Å². The molecule has 38 heavy (non-hydrogen) atoms. The summed E-state index contributed by atoms with van der Waals surface area (Å²) in [5.74, 6) is -0.00425. The van der Waals surface area contributed by atoms with Crippen molar-refractivity contribution < 1.29 is 24.2 Å². The second kappa shape index (κ2) is 14.6. The van der Waals surface area contributed by atoms with Gasteiger partial charge < -0.3 is 24.4 Å². The maximum atomic E-state index is 13.3. The summed E-state index contributed by atoms with van der Waals surface area (Å²) in [6, 6.07) is 13.7. The summed E-state index contributed by atoms with van der Waals surface area (Å²) in [7, 11) is 0. The van der Waals surface area contributed by atoms with Crippen LogP contribution in [-0.2, 0) is 9.59 Å². The summed E-state index contributed by atoms with van der Waals surface area (Å²) < 4.78 is 11.4. The number of aliphatic hydroxyl groups is 1. The SMILES string of the molecule is CCCCCOc1ccc(C2/C(=C(\O)c3ccc(OCC)cc3)C(=O)C(=O)N2CCCN(CC)CC)cc1. The molecule has 0 aliphatic carbocycles. The van der Waals surface area contributed by atoms with Crippen LogP contribution in [0.15, 0.2) is 54.1 Å². The number of rotatable bonds is 15. The number of carbonyl (C=O) groups is 2. The lowest BCUT2D eigenvalue weighted by Gasteiger charge is -2.27. The van der Waals surface area contributed by atoms with E-state index in [1.165, 1.54) is 0 Å². The van der Waals surface area contributed by atoms with Crippen LogP contribution in [0.2, 0.25) is 0 Å². The molecule has 1 saturated heterocycles. The Morgan fingerprint density at radius 1 is 0.868 bits per heavy atom. The molecule has 1 atom stereocenters. The minimum Gasteiger partial charge on any atom is -0.507 e. The first kappa shape index (κ1) is 29.2. The van der Waals surface area contributed by atoms with Crippen molar-refractivity contribution in [2.24, 2.45) is 0 Å². The van der Waals surface area contributed by atoms with Gasteiger partial charge in [0.15, 0.2) is 0 Å². The molecule has 0 saturated carbocycles. The molecule has 1 aliphatic rings. The Morgan fingerprint density at radius 3 is 2.11 bits per heavy atom. The first-order chi connectivity index (χ1) is 18.4. The van der Waals surface area contributed by atoms with Gasteiger partial charge in [0.1, 0.15) is 17.3 Å². The standard InChI is InChI=1S/C31H42N2O5/c1-5-9-10-22-38-26-16-12-23(13-17-26)28-27(29(34)24-14-18-25(19-15-24)37-8-4)30(35)31(36)33(28)21-11-20-32(6-2)7-3/h12-19,28,34H,5-11,20-22H2,1-4H3/b29-27+. The highest BCUT2D eigenvalue weighted by Gasteiger charge is 2.45. The predicted molar refractivity (Wildman–Crippen MR) is 150 cm³/mol. The van der Waals surface area contributed by atoms with Gasteiger partial charge in [-0.15, -0.1) is 0 Å². The molecule has 1 heterocycles. The number of unbranched alkanes of at least 4 members (excludes halogenated alkanes) is 2. The predicted octanol–water partition coefficient (Wildman–Crippen LogP) is 5.81. The highest BCUT2D eigenvalue weighted by molar-refractivity contribution is 6.46. The number of hydrogen-bond acceptors (Lipinski definition) is 6. The molecular formula is C31H42N2O5. The Kier molecular flexibility index (Phi) is 11.2. The van der Waals surface area contributed by atoms with Crippen molar-refractivity contribution in [3.8, 4) is 11.5 Å². The molecule has 0 spiro atoms. The van der Waals surface area contributed by atoms with Crippen LogP contribution in [0.5, 0.6) is 11.5 Å². The summed E-state index contributed by atoms with van der Waals surface area (Å²) >= 11 is 0. The van der Waals surface area contributed by atoms with E-state index in [1.807, 2.05) is 31.2 Å². The topological polar surface area (TPSA) is 79.3 Å². The average Bonchev–Trinajstić information content (AvgIpc) is 3.19. The minimum absolute atomic E-state index is 0.110. The third-order valence-corrected chi connectivity index (χ3v) is 6.96. The molecule has 1 fully saturated rings. The van der Waals surface area contributed by atoms with Gasteiger partial charge in [-0.25, -0.2) is 0 Å². The van der Waals surface area contributed by atoms with Crippen molar-refractivity contribution in [3.05, 3.63) is 65.2 Å². The highest BCUT2D eigenvalue weighted by Crippen LogP contribution is 2.40. The third-order valence-electron chi connectivity index (χ3n) is 6.96. The van der Waals surface area contributed by atoms with Crippen molar-refractivity contribution in [3.63, 3.8) is 0 Å². The average molecular weight is 523 g/mol. The molecule has 2 aromatic rings. The molecule has 7 nitrogen and oxygen atoms in total. The number of ketones is 1. The van der Waals surface area contributed by atoms with Crippen LogP contribution in [0, 0.1) is 0 Å². The molecule has 7 heteroatoms. The molecule has 1 unspecified atom stereocenters. The number of carbonyl (C=O) groups excluding carboxylic acids is 2. The Bertz CT molecular complexity index is 1070. The monoisotopic (exact) mass is 522 g/mol. The van der Waals surface area contributed by atoms with Crippen LogP contribution in [0.3, 0.4) is 0 Å². The largest absolute Gasteiger partial charge is 0.507 e. The van der Waals surface area contributed by atoms with Crippen LogP contribution in [-0.4, -0.2) is 66.0 Å². The van der Waals surface area contributed by atoms with Gasteiger partial charge in [-0.05, 0) is 81.4 Å². The van der Waals surface area contributed by atoms with E-state index in [-0.39, 0.29) is 11.3 Å². The van der Waals surface area contributed by atoms with Gasteiger partial charge in [0.05, 0.1) is 24.8 Å². The Morgan fingerprint density at radius 2 is 1.50 bits per heavy atom. The molecular weight excluding hydrogens is 480 g/mol. The van der Waals surface area contributed by atoms with Gasteiger partial charge in [0.2, 0.25) is 0 Å². The number of ether oxygens (including phenoxy) is 2. The molecule has 0 radical (unpaired) electrons. The molecule has 1 N–H and O–H groups in total. The summed E-state index contributed by atoms with van der Waals surface area (Å²) in [5, 5.41) is 11.3. The molecule has 1 amide bonds. The molecule has 2 aromatic carbocycles. The number of likely N-dealkylation sites (tertiary alicyclic amines) is 1. The lowest BCUT2D eigenvalue weighted by atomic mass is 9.95. The maximum Gasteiger partial charge on any atom is 0.295 e. The lowest BCUT2D eigenvalue weighted by Crippen LogP contribution is -2.33. The number of benzene rings is 2. The minimum atomic E-state index is -0.674. The summed E-state index contributed by atoms with van der Waals surface area (Å²) in [5.41, 5.74) is 1.34. The van der Waals surface area contributed by atoms with Crippen LogP contribution in [0.25, 0.3) is 5.76 Å². The number of Topliss-reactive ketones (excluding diaryl/α,β-unsaturated/α-hetero) is 1. The number of nitrogens with zero attached hydrogens (tertiary/aromatic N) is 2. The molecule has 0 bridgehead atoms.